The van der Waals surface area contributed by atoms with Crippen LogP contribution in [-0.4, -0.2) is 28.9 Å². The first-order valence-corrected chi connectivity index (χ1v) is 9.43. The van der Waals surface area contributed by atoms with Crippen molar-refractivity contribution in [1.29, 1.82) is 0 Å². The first kappa shape index (κ1) is 17.8. The molecule has 1 aliphatic rings. The maximum atomic E-state index is 10.0. The summed E-state index contributed by atoms with van der Waals surface area (Å²) in [6, 6.07) is 11.3. The van der Waals surface area contributed by atoms with Gasteiger partial charge < -0.3 is 19.1 Å². The lowest BCUT2D eigenvalue weighted by molar-refractivity contribution is 0.340. The van der Waals surface area contributed by atoms with Crippen molar-refractivity contribution in [3.05, 3.63) is 58.1 Å². The van der Waals surface area contributed by atoms with Gasteiger partial charge in [0.1, 0.15) is 0 Å². The van der Waals surface area contributed by atoms with Crippen LogP contribution in [0.15, 0.2) is 52.7 Å². The molecule has 2 aromatic carbocycles. The van der Waals surface area contributed by atoms with Crippen LogP contribution in [0.2, 0.25) is 5.02 Å². The highest BCUT2D eigenvalue weighted by atomic mass is 35.5. The Labute approximate surface area is 166 Å². The predicted octanol–water partition coefficient (Wildman–Crippen LogP) is 5.07. The van der Waals surface area contributed by atoms with Gasteiger partial charge in [0.25, 0.3) is 0 Å². The number of hydrogen-bond donors (Lipinski definition) is 1. The number of phenolic OH excluding ortho intramolecular Hbond substituents is 1. The van der Waals surface area contributed by atoms with Crippen LogP contribution in [0, 0.1) is 0 Å². The van der Waals surface area contributed by atoms with Gasteiger partial charge in [0.15, 0.2) is 16.7 Å². The van der Waals surface area contributed by atoms with Gasteiger partial charge in [0.2, 0.25) is 5.75 Å². The Bertz CT molecular complexity index is 995. The van der Waals surface area contributed by atoms with Crippen LogP contribution in [0.25, 0.3) is 17.3 Å². The van der Waals surface area contributed by atoms with Crippen LogP contribution >= 0.6 is 23.4 Å². The minimum Gasteiger partial charge on any atom is -0.502 e. The van der Waals surface area contributed by atoms with Crippen molar-refractivity contribution in [3.63, 3.8) is 0 Å². The second-order valence-electron chi connectivity index (χ2n) is 6.03. The van der Waals surface area contributed by atoms with E-state index in [1.54, 1.807) is 23.9 Å². The molecule has 0 amide bonds. The van der Waals surface area contributed by atoms with E-state index in [4.69, 9.17) is 26.1 Å². The van der Waals surface area contributed by atoms with Gasteiger partial charge in [-0.1, -0.05) is 35.5 Å². The van der Waals surface area contributed by atoms with Gasteiger partial charge in [0.05, 0.1) is 26.5 Å². The molecule has 27 heavy (non-hydrogen) atoms. The van der Waals surface area contributed by atoms with Crippen molar-refractivity contribution < 1.29 is 14.6 Å². The molecule has 0 saturated heterocycles. The van der Waals surface area contributed by atoms with Crippen molar-refractivity contribution in [2.45, 2.75) is 11.7 Å². The Balaban J connectivity index is 1.59. The van der Waals surface area contributed by atoms with Crippen molar-refractivity contribution >= 4 is 29.4 Å². The summed E-state index contributed by atoms with van der Waals surface area (Å²) in [5, 5.41) is 11.7. The number of halogens is 1. The largest absolute Gasteiger partial charge is 0.502 e. The Morgan fingerprint density at radius 1 is 1.19 bits per heavy atom. The van der Waals surface area contributed by atoms with Gasteiger partial charge in [-0.3, -0.25) is 0 Å². The first-order chi connectivity index (χ1) is 13.1. The van der Waals surface area contributed by atoms with E-state index >= 15 is 0 Å². The molecule has 0 unspecified atom stereocenters. The summed E-state index contributed by atoms with van der Waals surface area (Å²) in [4.78, 5) is 5.86. The zero-order valence-corrected chi connectivity index (χ0v) is 16.3. The molecule has 7 heteroatoms. The maximum absolute atomic E-state index is 10.0. The molecule has 5 nitrogen and oxygen atoms in total. The number of hydrogen-bond acceptors (Lipinski definition) is 5. The Kier molecular flexibility index (Phi) is 4.76. The molecule has 0 saturated carbocycles. The van der Waals surface area contributed by atoms with E-state index in [-0.39, 0.29) is 5.75 Å². The van der Waals surface area contributed by atoms with Gasteiger partial charge in [0, 0.05) is 21.7 Å². The van der Waals surface area contributed by atoms with Crippen LogP contribution in [0.5, 0.6) is 17.2 Å². The number of phenols is 1. The molecule has 0 spiro atoms. The summed E-state index contributed by atoms with van der Waals surface area (Å²) in [6.07, 6.45) is 4.08. The van der Waals surface area contributed by atoms with Crippen LogP contribution in [0.1, 0.15) is 5.56 Å². The average Bonchev–Trinajstić information content (AvgIpc) is 3.21. The second-order valence-corrected chi connectivity index (χ2v) is 7.56. The van der Waals surface area contributed by atoms with E-state index in [0.717, 1.165) is 33.4 Å². The second kappa shape index (κ2) is 7.21. The summed E-state index contributed by atoms with van der Waals surface area (Å²) >= 11 is 7.69. The van der Waals surface area contributed by atoms with Crippen LogP contribution in [-0.2, 0) is 6.54 Å². The summed E-state index contributed by atoms with van der Waals surface area (Å²) in [7, 11) is 3.03. The zero-order valence-electron chi connectivity index (χ0n) is 14.8. The van der Waals surface area contributed by atoms with Gasteiger partial charge in [-0.25, -0.2) is 4.98 Å². The number of rotatable bonds is 4. The average molecular weight is 401 g/mol. The summed E-state index contributed by atoms with van der Waals surface area (Å²) in [5.74, 6) is 0.760. The number of methoxy groups -OCH3 is 2. The standard InChI is InChI=1S/C20H17ClN2O3S/c1-25-17-7-12(8-18(26-2)19(17)24)6-15-10-23-11-16(22-20(23)27-15)13-4-3-5-14(21)9-13/h3-9,11,24H,10H2,1-2H3. The normalized spacial score (nSPS) is 14.4. The topological polar surface area (TPSA) is 56.5 Å². The number of imidazole rings is 1. The fourth-order valence-electron chi connectivity index (χ4n) is 2.96. The molecule has 1 aliphatic heterocycles. The number of fused-ring (bicyclic) bond motifs is 1. The predicted molar refractivity (Wildman–Crippen MR) is 108 cm³/mol. The SMILES string of the molecule is COc1cc(C=C2Cn3cc(-c4cccc(Cl)c4)nc3S2)cc(OC)c1O. The van der Waals surface area contributed by atoms with Crippen LogP contribution in [0.4, 0.5) is 0 Å². The van der Waals surface area contributed by atoms with Crippen molar-refractivity contribution in [1.82, 2.24) is 9.55 Å². The fraction of sp³-hybridized carbons (Fsp3) is 0.150. The number of nitrogens with zero attached hydrogens (tertiary/aromatic N) is 2. The molecule has 0 atom stereocenters. The lowest BCUT2D eigenvalue weighted by Crippen LogP contribution is -1.92. The third kappa shape index (κ3) is 3.50. The van der Waals surface area contributed by atoms with Gasteiger partial charge in [-0.15, -0.1) is 0 Å². The highest BCUT2D eigenvalue weighted by Gasteiger charge is 2.20. The number of allylic oxidation sites excluding steroid dienone is 1. The molecular formula is C20H17ClN2O3S. The molecule has 1 N–H and O–H groups in total. The summed E-state index contributed by atoms with van der Waals surface area (Å²) < 4.78 is 12.6. The molecule has 4 rings (SSSR count). The summed E-state index contributed by atoms with van der Waals surface area (Å²) in [5.41, 5.74) is 2.81. The van der Waals surface area contributed by atoms with Crippen molar-refractivity contribution in [3.8, 4) is 28.5 Å². The number of ether oxygens (including phenoxy) is 2. The monoisotopic (exact) mass is 400 g/mol. The molecule has 138 valence electrons. The van der Waals surface area contributed by atoms with E-state index in [0.29, 0.717) is 16.5 Å². The van der Waals surface area contributed by atoms with Gasteiger partial charge in [-0.05, 0) is 35.9 Å². The lowest BCUT2D eigenvalue weighted by Gasteiger charge is -2.09. The molecule has 0 bridgehead atoms. The van der Waals surface area contributed by atoms with Crippen LogP contribution < -0.4 is 9.47 Å². The summed E-state index contributed by atoms with van der Waals surface area (Å²) in [6.45, 7) is 0.735. The highest BCUT2D eigenvalue weighted by Crippen LogP contribution is 2.41. The Morgan fingerprint density at radius 2 is 1.93 bits per heavy atom. The Hall–Kier alpha value is -2.57. The smallest absolute Gasteiger partial charge is 0.200 e. The highest BCUT2D eigenvalue weighted by molar-refractivity contribution is 8.03. The molecule has 1 aromatic heterocycles. The van der Waals surface area contributed by atoms with Gasteiger partial charge in [-0.2, -0.15) is 0 Å². The molecule has 3 aromatic rings. The van der Waals surface area contributed by atoms with E-state index in [1.165, 1.54) is 14.2 Å². The van der Waals surface area contributed by atoms with Crippen molar-refractivity contribution in [2.75, 3.05) is 14.2 Å². The van der Waals surface area contributed by atoms with Crippen molar-refractivity contribution in [2.24, 2.45) is 0 Å². The zero-order chi connectivity index (χ0) is 19.0. The number of aromatic hydroxyl groups is 1. The minimum atomic E-state index is 0.000293. The number of thioether (sulfide) groups is 1. The molecule has 0 radical (unpaired) electrons. The molecule has 0 fully saturated rings. The maximum Gasteiger partial charge on any atom is 0.200 e. The third-order valence-electron chi connectivity index (χ3n) is 4.24. The Morgan fingerprint density at radius 3 is 2.56 bits per heavy atom. The number of benzene rings is 2. The fourth-order valence-corrected chi connectivity index (χ4v) is 4.16. The van der Waals surface area contributed by atoms with Gasteiger partial charge >= 0.3 is 0 Å². The quantitative estimate of drug-likeness (QED) is 0.662. The molecule has 2 heterocycles. The van der Waals surface area contributed by atoms with E-state index in [9.17, 15) is 5.11 Å². The first-order valence-electron chi connectivity index (χ1n) is 8.24. The van der Waals surface area contributed by atoms with E-state index in [1.807, 2.05) is 36.5 Å². The molecular weight excluding hydrogens is 384 g/mol. The van der Waals surface area contributed by atoms with E-state index in [2.05, 4.69) is 4.57 Å². The lowest BCUT2D eigenvalue weighted by atomic mass is 10.1. The number of aromatic nitrogens is 2. The molecule has 0 aliphatic carbocycles. The third-order valence-corrected chi connectivity index (χ3v) is 5.49. The minimum absolute atomic E-state index is 0.000293. The van der Waals surface area contributed by atoms with E-state index < -0.39 is 0 Å². The van der Waals surface area contributed by atoms with Crippen LogP contribution in [0.3, 0.4) is 0 Å².